The van der Waals surface area contributed by atoms with Crippen LogP contribution in [-0.4, -0.2) is 33.0 Å². The molecule has 0 atom stereocenters. The van der Waals surface area contributed by atoms with E-state index in [1.54, 1.807) is 17.4 Å². The number of aromatic carboxylic acids is 1. The molecule has 0 amide bonds. The normalized spacial score (nSPS) is 10.9. The first-order valence-electron chi connectivity index (χ1n) is 5.83. The van der Waals surface area contributed by atoms with Gasteiger partial charge in [0.1, 0.15) is 5.69 Å². The fourth-order valence-corrected chi connectivity index (χ4v) is 2.38. The fraction of sp³-hybridized carbons (Fsp3) is 0.308. The largest absolute Gasteiger partial charge is 0.477 e. The van der Waals surface area contributed by atoms with E-state index in [0.29, 0.717) is 6.54 Å². The molecule has 6 heteroatoms. The van der Waals surface area contributed by atoms with E-state index in [2.05, 4.69) is 14.9 Å². The molecule has 0 bridgehead atoms. The summed E-state index contributed by atoms with van der Waals surface area (Å²) in [6.45, 7) is 3.30. The minimum atomic E-state index is -1.00. The Morgan fingerprint density at radius 2 is 2.05 bits per heavy atom. The monoisotopic (exact) mass is 277 g/mol. The number of nitrogens with zero attached hydrogens (tertiary/aromatic N) is 3. The van der Waals surface area contributed by atoms with Crippen LogP contribution in [0.1, 0.15) is 26.9 Å². The number of aryl methyl sites for hydroxylation is 1. The van der Waals surface area contributed by atoms with Gasteiger partial charge in [-0.2, -0.15) is 0 Å². The molecule has 0 aliphatic carbocycles. The molecule has 100 valence electrons. The Morgan fingerprint density at radius 1 is 1.32 bits per heavy atom. The van der Waals surface area contributed by atoms with Crippen molar-refractivity contribution in [2.45, 2.75) is 20.0 Å². The van der Waals surface area contributed by atoms with Gasteiger partial charge in [-0.3, -0.25) is 4.90 Å². The highest BCUT2D eigenvalue weighted by atomic mass is 32.1. The van der Waals surface area contributed by atoms with Gasteiger partial charge in [-0.15, -0.1) is 11.3 Å². The van der Waals surface area contributed by atoms with Gasteiger partial charge in [-0.05, 0) is 26.1 Å². The Kier molecular flexibility index (Phi) is 4.24. The lowest BCUT2D eigenvalue weighted by Gasteiger charge is -2.14. The maximum absolute atomic E-state index is 10.8. The average molecular weight is 277 g/mol. The molecule has 0 aliphatic heterocycles. The van der Waals surface area contributed by atoms with E-state index in [-0.39, 0.29) is 5.69 Å². The van der Waals surface area contributed by atoms with Gasteiger partial charge in [-0.25, -0.2) is 14.8 Å². The van der Waals surface area contributed by atoms with Crippen molar-refractivity contribution < 1.29 is 9.90 Å². The van der Waals surface area contributed by atoms with Crippen molar-refractivity contribution in [1.82, 2.24) is 14.9 Å². The van der Waals surface area contributed by atoms with Crippen LogP contribution in [0, 0.1) is 6.92 Å². The fourth-order valence-electron chi connectivity index (χ4n) is 1.78. The van der Waals surface area contributed by atoms with E-state index in [1.165, 1.54) is 6.07 Å². The van der Waals surface area contributed by atoms with Crippen LogP contribution in [0.3, 0.4) is 0 Å². The van der Waals surface area contributed by atoms with Gasteiger partial charge in [0.05, 0.1) is 16.4 Å². The number of carboxylic acid groups (broad SMARTS) is 1. The Bertz CT molecular complexity index is 583. The maximum Gasteiger partial charge on any atom is 0.354 e. The van der Waals surface area contributed by atoms with Gasteiger partial charge in [0.25, 0.3) is 0 Å². The molecule has 5 nitrogen and oxygen atoms in total. The van der Waals surface area contributed by atoms with Gasteiger partial charge in [0.2, 0.25) is 0 Å². The third-order valence-electron chi connectivity index (χ3n) is 2.56. The third kappa shape index (κ3) is 3.84. The SMILES string of the molecule is Cc1nc(CN(C)Cc2cccc(C(=O)O)n2)cs1. The van der Waals surface area contributed by atoms with Crippen LogP contribution in [0.2, 0.25) is 0 Å². The molecule has 0 aliphatic rings. The lowest BCUT2D eigenvalue weighted by atomic mass is 10.3. The average Bonchev–Trinajstić information content (AvgIpc) is 2.74. The van der Waals surface area contributed by atoms with E-state index in [9.17, 15) is 4.79 Å². The van der Waals surface area contributed by atoms with Crippen LogP contribution in [0.15, 0.2) is 23.6 Å². The first-order chi connectivity index (χ1) is 9.04. The van der Waals surface area contributed by atoms with E-state index >= 15 is 0 Å². The Morgan fingerprint density at radius 3 is 2.68 bits per heavy atom. The number of aromatic nitrogens is 2. The summed E-state index contributed by atoms with van der Waals surface area (Å²) in [5.74, 6) is -1.00. The maximum atomic E-state index is 10.8. The first-order valence-corrected chi connectivity index (χ1v) is 6.71. The summed E-state index contributed by atoms with van der Waals surface area (Å²) in [5, 5.41) is 12.0. The summed E-state index contributed by atoms with van der Waals surface area (Å²) in [4.78, 5) is 21.4. The number of pyridine rings is 1. The molecule has 0 saturated carbocycles. The van der Waals surface area contributed by atoms with Crippen molar-refractivity contribution in [1.29, 1.82) is 0 Å². The molecule has 0 radical (unpaired) electrons. The number of hydrogen-bond acceptors (Lipinski definition) is 5. The van der Waals surface area contributed by atoms with E-state index < -0.39 is 5.97 Å². The summed E-state index contributed by atoms with van der Waals surface area (Å²) >= 11 is 1.63. The summed E-state index contributed by atoms with van der Waals surface area (Å²) in [7, 11) is 1.96. The second-order valence-electron chi connectivity index (χ2n) is 4.35. The number of carbonyl (C=O) groups is 1. The standard InChI is InChI=1S/C13H15N3O2S/c1-9-14-11(8-19-9)7-16(2)6-10-4-3-5-12(15-10)13(17)18/h3-5,8H,6-7H2,1-2H3,(H,17,18). The Hall–Kier alpha value is -1.79. The van der Waals surface area contributed by atoms with Gasteiger partial charge in [0.15, 0.2) is 0 Å². The second-order valence-corrected chi connectivity index (χ2v) is 5.41. The minimum Gasteiger partial charge on any atom is -0.477 e. The second kappa shape index (κ2) is 5.90. The number of rotatable bonds is 5. The molecule has 0 aromatic carbocycles. The number of carboxylic acids is 1. The van der Waals surface area contributed by atoms with Crippen LogP contribution in [-0.2, 0) is 13.1 Å². The molecular weight excluding hydrogens is 262 g/mol. The lowest BCUT2D eigenvalue weighted by molar-refractivity contribution is 0.0690. The van der Waals surface area contributed by atoms with Gasteiger partial charge >= 0.3 is 5.97 Å². The highest BCUT2D eigenvalue weighted by Crippen LogP contribution is 2.11. The summed E-state index contributed by atoms with van der Waals surface area (Å²) < 4.78 is 0. The number of hydrogen-bond donors (Lipinski definition) is 1. The number of thiazole rings is 1. The molecule has 2 aromatic heterocycles. The van der Waals surface area contributed by atoms with Crippen molar-refractivity contribution in [3.8, 4) is 0 Å². The third-order valence-corrected chi connectivity index (χ3v) is 3.38. The molecule has 2 aromatic rings. The topological polar surface area (TPSA) is 66.3 Å². The Balaban J connectivity index is 2.00. The van der Waals surface area contributed by atoms with Crippen LogP contribution >= 0.6 is 11.3 Å². The Labute approximate surface area is 115 Å². The summed E-state index contributed by atoms with van der Waals surface area (Å²) in [6.07, 6.45) is 0. The predicted molar refractivity (Wildman–Crippen MR) is 73.2 cm³/mol. The molecule has 2 heterocycles. The van der Waals surface area contributed by atoms with Crippen molar-refractivity contribution >= 4 is 17.3 Å². The van der Waals surface area contributed by atoms with Crippen molar-refractivity contribution in [3.05, 3.63) is 45.7 Å². The smallest absolute Gasteiger partial charge is 0.354 e. The van der Waals surface area contributed by atoms with Crippen LogP contribution in [0.5, 0.6) is 0 Å². The van der Waals surface area contributed by atoms with Crippen LogP contribution in [0.25, 0.3) is 0 Å². The molecule has 0 fully saturated rings. The van der Waals surface area contributed by atoms with E-state index in [4.69, 9.17) is 5.11 Å². The predicted octanol–water partition coefficient (Wildman–Crippen LogP) is 2.18. The van der Waals surface area contributed by atoms with E-state index in [0.717, 1.165) is 22.9 Å². The molecule has 19 heavy (non-hydrogen) atoms. The molecule has 2 rings (SSSR count). The highest BCUT2D eigenvalue weighted by molar-refractivity contribution is 7.09. The summed E-state index contributed by atoms with van der Waals surface area (Å²) in [6, 6.07) is 5.04. The van der Waals surface area contributed by atoms with Gasteiger partial charge in [0, 0.05) is 18.5 Å². The first kappa shape index (κ1) is 13.6. The van der Waals surface area contributed by atoms with Crippen molar-refractivity contribution in [3.63, 3.8) is 0 Å². The van der Waals surface area contributed by atoms with Gasteiger partial charge in [-0.1, -0.05) is 6.07 Å². The zero-order valence-electron chi connectivity index (χ0n) is 10.8. The van der Waals surface area contributed by atoms with E-state index in [1.807, 2.05) is 25.4 Å². The quantitative estimate of drug-likeness (QED) is 0.907. The van der Waals surface area contributed by atoms with Crippen LogP contribution < -0.4 is 0 Å². The molecule has 1 N–H and O–H groups in total. The lowest BCUT2D eigenvalue weighted by Crippen LogP contribution is -2.18. The van der Waals surface area contributed by atoms with Gasteiger partial charge < -0.3 is 5.11 Å². The highest BCUT2D eigenvalue weighted by Gasteiger charge is 2.08. The van der Waals surface area contributed by atoms with Crippen molar-refractivity contribution in [2.75, 3.05) is 7.05 Å². The molecule has 0 saturated heterocycles. The van der Waals surface area contributed by atoms with Crippen molar-refractivity contribution in [2.24, 2.45) is 0 Å². The zero-order valence-corrected chi connectivity index (χ0v) is 11.6. The molecule has 0 spiro atoms. The van der Waals surface area contributed by atoms with Crippen LogP contribution in [0.4, 0.5) is 0 Å². The molecule has 0 unspecified atom stereocenters. The molecular formula is C13H15N3O2S. The minimum absolute atomic E-state index is 0.0791. The summed E-state index contributed by atoms with van der Waals surface area (Å²) in [5.41, 5.74) is 1.85. The zero-order chi connectivity index (χ0) is 13.8.